The van der Waals surface area contributed by atoms with Gasteiger partial charge in [-0.2, -0.15) is 5.10 Å². The van der Waals surface area contributed by atoms with Gasteiger partial charge in [-0.25, -0.2) is 9.31 Å². The van der Waals surface area contributed by atoms with E-state index in [1.807, 2.05) is 12.1 Å². The number of hydrogen-bond donors (Lipinski definition) is 0. The number of aromatic nitrogens is 2. The summed E-state index contributed by atoms with van der Waals surface area (Å²) in [7, 11) is 1.33. The van der Waals surface area contributed by atoms with E-state index < -0.39 is 5.97 Å². The summed E-state index contributed by atoms with van der Waals surface area (Å²) < 4.78 is 7.09. The van der Waals surface area contributed by atoms with Crippen LogP contribution in [-0.2, 0) is 4.74 Å². The van der Waals surface area contributed by atoms with Crippen LogP contribution < -0.4 is 0 Å². The molecule has 5 heteroatoms. The largest absolute Gasteiger partial charge is 0.464 e. The predicted molar refractivity (Wildman–Crippen MR) is 54.2 cm³/mol. The number of methoxy groups -OCH3 is 1. The topological polar surface area (TPSA) is 43.6 Å². The molecule has 4 nitrogen and oxygen atoms in total. The van der Waals surface area contributed by atoms with Crippen molar-refractivity contribution in [1.29, 1.82) is 0 Å². The molecule has 0 aliphatic heterocycles. The van der Waals surface area contributed by atoms with E-state index in [0.29, 0.717) is 5.69 Å². The summed E-state index contributed by atoms with van der Waals surface area (Å²) >= 11 is 3.37. The van der Waals surface area contributed by atoms with Crippen molar-refractivity contribution in [2.75, 3.05) is 7.11 Å². The van der Waals surface area contributed by atoms with E-state index in [9.17, 15) is 4.79 Å². The minimum atomic E-state index is -0.430. The van der Waals surface area contributed by atoms with Crippen molar-refractivity contribution in [3.05, 3.63) is 34.6 Å². The van der Waals surface area contributed by atoms with Crippen LogP contribution in [0.1, 0.15) is 10.5 Å². The molecule has 0 saturated heterocycles. The third kappa shape index (κ3) is 1.39. The van der Waals surface area contributed by atoms with E-state index >= 15 is 0 Å². The summed E-state index contributed by atoms with van der Waals surface area (Å²) in [6.07, 6.45) is 1.77. The lowest BCUT2D eigenvalue weighted by Crippen LogP contribution is -2.01. The van der Waals surface area contributed by atoms with Gasteiger partial charge in [0.05, 0.1) is 12.6 Å². The number of carbonyl (C=O) groups is 1. The molecule has 2 rings (SSSR count). The molecule has 0 bridgehead atoms. The molecule has 0 fully saturated rings. The van der Waals surface area contributed by atoms with Crippen LogP contribution in [0.4, 0.5) is 0 Å². The first kappa shape index (κ1) is 9.21. The van der Waals surface area contributed by atoms with Crippen molar-refractivity contribution in [2.45, 2.75) is 0 Å². The Morgan fingerprint density at radius 1 is 1.64 bits per heavy atom. The van der Waals surface area contributed by atoms with E-state index in [0.717, 1.165) is 9.99 Å². The maximum absolute atomic E-state index is 11.2. The van der Waals surface area contributed by atoms with Crippen LogP contribution in [0.25, 0.3) is 5.52 Å². The summed E-state index contributed by atoms with van der Waals surface area (Å²) in [6.45, 7) is 0. The Balaban J connectivity index is 2.62. The Hall–Kier alpha value is -1.36. The molecule has 0 atom stereocenters. The van der Waals surface area contributed by atoms with Gasteiger partial charge in [0.2, 0.25) is 0 Å². The third-order valence-electron chi connectivity index (χ3n) is 1.84. The molecule has 0 unspecified atom stereocenters. The number of hydrogen-bond acceptors (Lipinski definition) is 3. The van der Waals surface area contributed by atoms with Gasteiger partial charge in [0.25, 0.3) is 0 Å². The van der Waals surface area contributed by atoms with Crippen LogP contribution in [0.2, 0.25) is 0 Å². The van der Waals surface area contributed by atoms with Crippen LogP contribution in [0, 0.1) is 0 Å². The van der Waals surface area contributed by atoms with Crippen LogP contribution >= 0.6 is 15.9 Å². The average molecular weight is 255 g/mol. The zero-order valence-corrected chi connectivity index (χ0v) is 8.98. The fraction of sp³-hybridized carbons (Fsp3) is 0.111. The second kappa shape index (κ2) is 3.42. The fourth-order valence-corrected chi connectivity index (χ4v) is 1.63. The maximum Gasteiger partial charge on any atom is 0.358 e. The monoisotopic (exact) mass is 254 g/mol. The molecule has 2 aromatic rings. The van der Waals surface area contributed by atoms with Crippen LogP contribution in [0.5, 0.6) is 0 Å². The van der Waals surface area contributed by atoms with Crippen molar-refractivity contribution in [2.24, 2.45) is 0 Å². The third-order valence-corrected chi connectivity index (χ3v) is 2.52. The maximum atomic E-state index is 11.2. The molecule has 0 aliphatic rings. The predicted octanol–water partition coefficient (Wildman–Crippen LogP) is 1.88. The van der Waals surface area contributed by atoms with E-state index in [-0.39, 0.29) is 0 Å². The number of fused-ring (bicyclic) bond motifs is 1. The Morgan fingerprint density at radius 3 is 3.07 bits per heavy atom. The fourth-order valence-electron chi connectivity index (χ4n) is 1.19. The summed E-state index contributed by atoms with van der Waals surface area (Å²) in [6, 6.07) is 5.40. The van der Waals surface area contributed by atoms with Gasteiger partial charge >= 0.3 is 5.97 Å². The van der Waals surface area contributed by atoms with Gasteiger partial charge in [0, 0.05) is 10.7 Å². The number of halogens is 1. The summed E-state index contributed by atoms with van der Waals surface area (Å²) in [5.74, 6) is -0.430. The smallest absolute Gasteiger partial charge is 0.358 e. The molecule has 0 amide bonds. The van der Waals surface area contributed by atoms with Gasteiger partial charge in [-0.1, -0.05) is 0 Å². The molecule has 14 heavy (non-hydrogen) atoms. The first-order chi connectivity index (χ1) is 6.72. The molecule has 0 aliphatic carbocycles. The highest BCUT2D eigenvalue weighted by atomic mass is 79.9. The van der Waals surface area contributed by atoms with E-state index in [2.05, 4.69) is 25.8 Å². The molecule has 0 aromatic carbocycles. The van der Waals surface area contributed by atoms with E-state index in [4.69, 9.17) is 0 Å². The van der Waals surface area contributed by atoms with Crippen LogP contribution in [0.3, 0.4) is 0 Å². The zero-order chi connectivity index (χ0) is 10.1. The number of pyridine rings is 1. The minimum Gasteiger partial charge on any atom is -0.464 e. The molecule has 2 heterocycles. The lowest BCUT2D eigenvalue weighted by molar-refractivity contribution is 0.0593. The second-order valence-electron chi connectivity index (χ2n) is 2.71. The molecule has 0 spiro atoms. The second-order valence-corrected chi connectivity index (χ2v) is 3.56. The highest BCUT2D eigenvalue weighted by Crippen LogP contribution is 2.18. The Morgan fingerprint density at radius 2 is 2.43 bits per heavy atom. The number of ether oxygens (including phenoxy) is 1. The minimum absolute atomic E-state index is 0.305. The average Bonchev–Trinajstić information content (AvgIpc) is 2.62. The Kier molecular flexibility index (Phi) is 2.25. The van der Waals surface area contributed by atoms with Crippen molar-refractivity contribution in [3.8, 4) is 0 Å². The quantitative estimate of drug-likeness (QED) is 0.731. The highest BCUT2D eigenvalue weighted by Gasteiger charge is 2.11. The molecular weight excluding hydrogens is 248 g/mol. The van der Waals surface area contributed by atoms with Gasteiger partial charge < -0.3 is 4.74 Å². The molecule has 72 valence electrons. The normalized spacial score (nSPS) is 10.4. The van der Waals surface area contributed by atoms with Gasteiger partial charge in [-0.05, 0) is 34.1 Å². The van der Waals surface area contributed by atoms with E-state index in [1.165, 1.54) is 7.11 Å². The van der Waals surface area contributed by atoms with E-state index in [1.54, 1.807) is 16.8 Å². The first-order valence-corrected chi connectivity index (χ1v) is 4.74. The van der Waals surface area contributed by atoms with Gasteiger partial charge in [-0.15, -0.1) is 0 Å². The summed E-state index contributed by atoms with van der Waals surface area (Å²) in [4.78, 5) is 11.2. The zero-order valence-electron chi connectivity index (χ0n) is 7.40. The molecule has 0 saturated carbocycles. The molecule has 0 radical (unpaired) electrons. The lowest BCUT2D eigenvalue weighted by atomic mass is 10.3. The van der Waals surface area contributed by atoms with Crippen LogP contribution in [0.15, 0.2) is 28.9 Å². The van der Waals surface area contributed by atoms with Crippen molar-refractivity contribution >= 4 is 27.4 Å². The van der Waals surface area contributed by atoms with Crippen molar-refractivity contribution in [3.63, 3.8) is 0 Å². The molecular formula is C9H7BrN2O2. The standard InChI is InChI=1S/C9H7BrN2O2/c1-14-9(13)7-5-8-6(10)3-2-4-12(8)11-7/h2-5H,1H3. The summed E-state index contributed by atoms with van der Waals surface area (Å²) in [5, 5.41) is 4.06. The number of nitrogens with zero attached hydrogens (tertiary/aromatic N) is 2. The Bertz CT molecular complexity index is 493. The molecule has 2 aromatic heterocycles. The number of rotatable bonds is 1. The first-order valence-electron chi connectivity index (χ1n) is 3.94. The van der Waals surface area contributed by atoms with Crippen molar-refractivity contribution < 1.29 is 9.53 Å². The van der Waals surface area contributed by atoms with Crippen LogP contribution in [-0.4, -0.2) is 22.7 Å². The number of esters is 1. The lowest BCUT2D eigenvalue weighted by Gasteiger charge is -1.92. The van der Waals surface area contributed by atoms with Gasteiger partial charge in [0.1, 0.15) is 0 Å². The summed E-state index contributed by atoms with van der Waals surface area (Å²) in [5.41, 5.74) is 1.15. The van der Waals surface area contributed by atoms with Crippen molar-refractivity contribution in [1.82, 2.24) is 9.61 Å². The van der Waals surface area contributed by atoms with Gasteiger partial charge in [-0.3, -0.25) is 0 Å². The Labute approximate surface area is 88.6 Å². The SMILES string of the molecule is COC(=O)c1cc2c(Br)cccn2n1. The van der Waals surface area contributed by atoms with Gasteiger partial charge in [0.15, 0.2) is 5.69 Å². The molecule has 0 N–H and O–H groups in total. The number of carbonyl (C=O) groups excluding carboxylic acids is 1. The highest BCUT2D eigenvalue weighted by molar-refractivity contribution is 9.10.